The number of aromatic nitrogens is 3. The number of halogens is 2. The van der Waals surface area contributed by atoms with E-state index in [1.54, 1.807) is 31.4 Å². The highest BCUT2D eigenvalue weighted by Gasteiger charge is 2.16. The summed E-state index contributed by atoms with van der Waals surface area (Å²) in [6, 6.07) is 12.5. The summed E-state index contributed by atoms with van der Waals surface area (Å²) in [5.41, 5.74) is 1.37. The van der Waals surface area contributed by atoms with Gasteiger partial charge in [-0.3, -0.25) is 9.36 Å². The van der Waals surface area contributed by atoms with Gasteiger partial charge in [-0.15, -0.1) is 16.8 Å². The SMILES string of the molecule is C=CCn1c(SCC(=O)Nc2ccc(Cl)cc2Cl)nnc1-c1cccc(OC)c1. The largest absolute Gasteiger partial charge is 0.497 e. The maximum Gasteiger partial charge on any atom is 0.234 e. The lowest BCUT2D eigenvalue weighted by molar-refractivity contribution is -0.113. The number of ether oxygens (including phenoxy) is 1. The van der Waals surface area contributed by atoms with Crippen LogP contribution in [0.3, 0.4) is 0 Å². The third-order valence-electron chi connectivity index (χ3n) is 3.89. The van der Waals surface area contributed by atoms with Gasteiger partial charge in [-0.25, -0.2) is 0 Å². The standard InChI is InChI=1S/C20H18Cl2N4O2S/c1-3-9-26-19(13-5-4-6-15(10-13)28-2)24-25-20(26)29-12-18(27)23-17-8-7-14(21)11-16(17)22/h3-8,10-11H,1,9,12H2,2H3,(H,23,27). The Bertz CT molecular complexity index is 1040. The minimum atomic E-state index is -0.213. The molecule has 3 aromatic rings. The first-order valence-electron chi connectivity index (χ1n) is 8.58. The van der Waals surface area contributed by atoms with Gasteiger partial charge in [0.05, 0.1) is 23.6 Å². The van der Waals surface area contributed by atoms with Crippen molar-refractivity contribution >= 4 is 46.6 Å². The fraction of sp³-hybridized carbons (Fsp3) is 0.150. The average molecular weight is 449 g/mol. The zero-order valence-electron chi connectivity index (χ0n) is 15.6. The number of carbonyl (C=O) groups is 1. The highest BCUT2D eigenvalue weighted by atomic mass is 35.5. The smallest absolute Gasteiger partial charge is 0.234 e. The van der Waals surface area contributed by atoms with Crippen molar-refractivity contribution in [3.63, 3.8) is 0 Å². The molecule has 0 radical (unpaired) electrons. The van der Waals surface area contributed by atoms with E-state index in [4.69, 9.17) is 27.9 Å². The predicted octanol–water partition coefficient (Wildman–Crippen LogP) is 5.18. The van der Waals surface area contributed by atoms with E-state index >= 15 is 0 Å². The molecule has 0 aliphatic rings. The quantitative estimate of drug-likeness (QED) is 0.379. The third kappa shape index (κ3) is 5.32. The molecule has 0 atom stereocenters. The van der Waals surface area contributed by atoms with E-state index < -0.39 is 0 Å². The van der Waals surface area contributed by atoms with Gasteiger partial charge in [0.2, 0.25) is 5.91 Å². The normalized spacial score (nSPS) is 10.6. The van der Waals surface area contributed by atoms with Crippen molar-refractivity contribution in [2.75, 3.05) is 18.2 Å². The van der Waals surface area contributed by atoms with Gasteiger partial charge < -0.3 is 10.1 Å². The van der Waals surface area contributed by atoms with E-state index in [0.717, 1.165) is 11.3 Å². The van der Waals surface area contributed by atoms with E-state index in [1.807, 2.05) is 28.8 Å². The number of methoxy groups -OCH3 is 1. The zero-order valence-corrected chi connectivity index (χ0v) is 17.9. The molecule has 0 bridgehead atoms. The number of hydrogen-bond acceptors (Lipinski definition) is 5. The van der Waals surface area contributed by atoms with E-state index in [-0.39, 0.29) is 11.7 Å². The Hall–Kier alpha value is -2.48. The molecule has 0 spiro atoms. The Balaban J connectivity index is 1.74. The number of benzene rings is 2. The molecule has 9 heteroatoms. The van der Waals surface area contributed by atoms with Gasteiger partial charge in [0.15, 0.2) is 11.0 Å². The number of carbonyl (C=O) groups excluding carboxylic acids is 1. The third-order valence-corrected chi connectivity index (χ3v) is 5.41. The first-order chi connectivity index (χ1) is 14.0. The van der Waals surface area contributed by atoms with Gasteiger partial charge in [0.25, 0.3) is 0 Å². The Kier molecular flexibility index (Phi) is 7.19. The Labute approximate surface area is 182 Å². The molecule has 1 heterocycles. The van der Waals surface area contributed by atoms with Crippen LogP contribution >= 0.6 is 35.0 Å². The average Bonchev–Trinajstić information content (AvgIpc) is 3.11. The van der Waals surface area contributed by atoms with Gasteiger partial charge in [-0.1, -0.05) is 53.2 Å². The maximum atomic E-state index is 12.3. The minimum absolute atomic E-state index is 0.145. The number of amides is 1. The van der Waals surface area contributed by atoms with Gasteiger partial charge >= 0.3 is 0 Å². The molecule has 29 heavy (non-hydrogen) atoms. The van der Waals surface area contributed by atoms with Crippen LogP contribution < -0.4 is 10.1 Å². The fourth-order valence-electron chi connectivity index (χ4n) is 2.57. The lowest BCUT2D eigenvalue weighted by Gasteiger charge is -2.09. The lowest BCUT2D eigenvalue weighted by atomic mass is 10.2. The highest BCUT2D eigenvalue weighted by Crippen LogP contribution is 2.28. The number of rotatable bonds is 8. The van der Waals surface area contributed by atoms with Crippen LogP contribution in [-0.2, 0) is 11.3 Å². The molecule has 1 aromatic heterocycles. The summed E-state index contributed by atoms with van der Waals surface area (Å²) in [4.78, 5) is 12.3. The van der Waals surface area contributed by atoms with Crippen molar-refractivity contribution in [1.82, 2.24) is 14.8 Å². The number of nitrogens with one attached hydrogen (secondary N) is 1. The molecule has 0 aliphatic heterocycles. The van der Waals surface area contributed by atoms with Crippen LogP contribution in [0, 0.1) is 0 Å². The summed E-state index contributed by atoms with van der Waals surface area (Å²) >= 11 is 13.3. The summed E-state index contributed by atoms with van der Waals surface area (Å²) in [6.07, 6.45) is 1.75. The van der Waals surface area contributed by atoms with Crippen LogP contribution in [0.5, 0.6) is 5.75 Å². The van der Waals surface area contributed by atoms with Crippen molar-refractivity contribution in [3.05, 3.63) is 65.2 Å². The van der Waals surface area contributed by atoms with Crippen LogP contribution in [-0.4, -0.2) is 33.5 Å². The lowest BCUT2D eigenvalue weighted by Crippen LogP contribution is -2.15. The maximum absolute atomic E-state index is 12.3. The van der Waals surface area contributed by atoms with Crippen LogP contribution in [0.2, 0.25) is 10.0 Å². The van der Waals surface area contributed by atoms with Crippen molar-refractivity contribution < 1.29 is 9.53 Å². The van der Waals surface area contributed by atoms with Crippen LogP contribution in [0.15, 0.2) is 60.3 Å². The van der Waals surface area contributed by atoms with Gasteiger partial charge in [0.1, 0.15) is 5.75 Å². The van der Waals surface area contributed by atoms with Crippen molar-refractivity contribution in [1.29, 1.82) is 0 Å². The number of thioether (sulfide) groups is 1. The number of anilines is 1. The monoisotopic (exact) mass is 448 g/mol. The minimum Gasteiger partial charge on any atom is -0.497 e. The zero-order chi connectivity index (χ0) is 20.8. The van der Waals surface area contributed by atoms with E-state index in [1.165, 1.54) is 11.8 Å². The molecule has 0 saturated carbocycles. The number of hydrogen-bond donors (Lipinski definition) is 1. The summed E-state index contributed by atoms with van der Waals surface area (Å²) < 4.78 is 7.18. The summed E-state index contributed by atoms with van der Waals surface area (Å²) in [5, 5.41) is 12.8. The molecular formula is C20H18Cl2N4O2S. The van der Waals surface area contributed by atoms with Gasteiger partial charge in [-0.2, -0.15) is 0 Å². The topological polar surface area (TPSA) is 69.0 Å². The molecule has 1 amide bonds. The van der Waals surface area contributed by atoms with E-state index in [0.29, 0.717) is 33.3 Å². The first-order valence-corrected chi connectivity index (χ1v) is 10.3. The van der Waals surface area contributed by atoms with Crippen LogP contribution in [0.4, 0.5) is 5.69 Å². The molecule has 0 saturated heterocycles. The van der Waals surface area contributed by atoms with Crippen molar-refractivity contribution in [2.24, 2.45) is 0 Å². The van der Waals surface area contributed by atoms with Gasteiger partial charge in [-0.05, 0) is 30.3 Å². The molecule has 6 nitrogen and oxygen atoms in total. The second-order valence-electron chi connectivity index (χ2n) is 5.90. The van der Waals surface area contributed by atoms with Gasteiger partial charge in [0, 0.05) is 17.1 Å². The molecule has 1 N–H and O–H groups in total. The molecule has 150 valence electrons. The molecule has 0 aliphatic carbocycles. The summed E-state index contributed by atoms with van der Waals surface area (Å²) in [5.74, 6) is 1.33. The highest BCUT2D eigenvalue weighted by molar-refractivity contribution is 7.99. The van der Waals surface area contributed by atoms with E-state index in [9.17, 15) is 4.79 Å². The number of nitrogens with zero attached hydrogens (tertiary/aromatic N) is 3. The molecule has 3 rings (SSSR count). The predicted molar refractivity (Wildman–Crippen MR) is 118 cm³/mol. The number of allylic oxidation sites excluding steroid dienone is 1. The second-order valence-corrected chi connectivity index (χ2v) is 7.68. The summed E-state index contributed by atoms with van der Waals surface area (Å²) in [6.45, 7) is 4.30. The molecule has 0 unspecified atom stereocenters. The van der Waals surface area contributed by atoms with E-state index in [2.05, 4.69) is 22.1 Å². The molecular weight excluding hydrogens is 431 g/mol. The van der Waals surface area contributed by atoms with Crippen molar-refractivity contribution in [2.45, 2.75) is 11.7 Å². The molecule has 0 fully saturated rings. The fourth-order valence-corrected chi connectivity index (χ4v) is 3.78. The second kappa shape index (κ2) is 9.82. The Morgan fingerprint density at radius 2 is 2.10 bits per heavy atom. The Morgan fingerprint density at radius 1 is 1.28 bits per heavy atom. The first kappa shape index (κ1) is 21.2. The Morgan fingerprint density at radius 3 is 2.83 bits per heavy atom. The van der Waals surface area contributed by atoms with Crippen LogP contribution in [0.1, 0.15) is 0 Å². The van der Waals surface area contributed by atoms with Crippen molar-refractivity contribution in [3.8, 4) is 17.1 Å². The molecule has 2 aromatic carbocycles. The summed E-state index contributed by atoms with van der Waals surface area (Å²) in [7, 11) is 1.61. The van der Waals surface area contributed by atoms with Crippen LogP contribution in [0.25, 0.3) is 11.4 Å².